The van der Waals surface area contributed by atoms with Crippen LogP contribution in [0.2, 0.25) is 0 Å². The highest BCUT2D eigenvalue weighted by Gasteiger charge is 2.22. The molecule has 22 heavy (non-hydrogen) atoms. The summed E-state index contributed by atoms with van der Waals surface area (Å²) < 4.78 is 4.50. The van der Waals surface area contributed by atoms with Gasteiger partial charge < -0.3 is 0 Å². The molecule has 3 rings (SSSR count). The molecular formula is C20H23N2+. The molecule has 2 aromatic carbocycles. The number of imidazole rings is 1. The van der Waals surface area contributed by atoms with E-state index in [9.17, 15) is 0 Å². The molecule has 0 fully saturated rings. The van der Waals surface area contributed by atoms with Crippen LogP contribution in [0.25, 0.3) is 17.1 Å². The van der Waals surface area contributed by atoms with Crippen LogP contribution in [0.4, 0.5) is 0 Å². The highest BCUT2D eigenvalue weighted by molar-refractivity contribution is 5.61. The monoisotopic (exact) mass is 291 g/mol. The van der Waals surface area contributed by atoms with Gasteiger partial charge in [0.2, 0.25) is 0 Å². The van der Waals surface area contributed by atoms with Crippen molar-refractivity contribution in [2.75, 3.05) is 0 Å². The summed E-state index contributed by atoms with van der Waals surface area (Å²) in [5.41, 5.74) is 5.19. The Balaban J connectivity index is 2.26. The molecule has 0 radical (unpaired) electrons. The molecule has 0 unspecified atom stereocenters. The summed E-state index contributed by atoms with van der Waals surface area (Å²) >= 11 is 0. The summed E-state index contributed by atoms with van der Waals surface area (Å²) in [5, 5.41) is 0. The van der Waals surface area contributed by atoms with Gasteiger partial charge in [0.15, 0.2) is 0 Å². The molecule has 0 N–H and O–H groups in total. The summed E-state index contributed by atoms with van der Waals surface area (Å²) in [7, 11) is 2.11. The van der Waals surface area contributed by atoms with Crippen LogP contribution in [0.5, 0.6) is 0 Å². The fourth-order valence-corrected chi connectivity index (χ4v) is 3.01. The van der Waals surface area contributed by atoms with Crippen molar-refractivity contribution in [2.24, 2.45) is 7.05 Å². The summed E-state index contributed by atoms with van der Waals surface area (Å²) in [6, 6.07) is 17.2. The van der Waals surface area contributed by atoms with Gasteiger partial charge in [-0.1, -0.05) is 50.2 Å². The summed E-state index contributed by atoms with van der Waals surface area (Å²) in [4.78, 5) is 0. The van der Waals surface area contributed by atoms with E-state index in [2.05, 4.69) is 97.9 Å². The number of hydrogen-bond acceptors (Lipinski definition) is 0. The van der Waals surface area contributed by atoms with Crippen molar-refractivity contribution in [1.82, 2.24) is 4.57 Å². The molecule has 0 saturated heterocycles. The molecule has 0 aliphatic heterocycles. The van der Waals surface area contributed by atoms with Gasteiger partial charge in [-0.15, -0.1) is 0 Å². The smallest absolute Gasteiger partial charge is 0.232 e. The van der Waals surface area contributed by atoms with Crippen LogP contribution in [0.1, 0.15) is 30.9 Å². The second-order valence-corrected chi connectivity index (χ2v) is 6.13. The molecule has 0 aliphatic rings. The van der Waals surface area contributed by atoms with Gasteiger partial charge in [0, 0.05) is 5.56 Å². The summed E-state index contributed by atoms with van der Waals surface area (Å²) in [5.74, 6) is 1.71. The van der Waals surface area contributed by atoms with Gasteiger partial charge in [0.25, 0.3) is 5.82 Å². The van der Waals surface area contributed by atoms with E-state index in [4.69, 9.17) is 0 Å². The predicted octanol–water partition coefficient (Wildman–Crippen LogP) is 4.40. The van der Waals surface area contributed by atoms with E-state index in [1.807, 2.05) is 0 Å². The van der Waals surface area contributed by atoms with Gasteiger partial charge in [-0.2, -0.15) is 4.57 Å². The van der Waals surface area contributed by atoms with Crippen molar-refractivity contribution in [2.45, 2.75) is 26.7 Å². The number of para-hydroxylation sites is 1. The molecule has 0 saturated carbocycles. The second kappa shape index (κ2) is 5.80. The quantitative estimate of drug-likeness (QED) is 0.632. The van der Waals surface area contributed by atoms with Crippen LogP contribution in [-0.4, -0.2) is 4.57 Å². The van der Waals surface area contributed by atoms with Gasteiger partial charge in [0.05, 0.1) is 12.6 Å². The Labute approximate surface area is 132 Å². The SMILES string of the molecule is Cc1ccccc1-c1n(-c2ccccc2C(C)C)cc[n+]1C. The first kappa shape index (κ1) is 14.6. The lowest BCUT2D eigenvalue weighted by Crippen LogP contribution is -2.29. The third-order valence-electron chi connectivity index (χ3n) is 4.21. The van der Waals surface area contributed by atoms with E-state index in [1.165, 1.54) is 28.2 Å². The molecule has 0 aliphatic carbocycles. The van der Waals surface area contributed by atoms with Gasteiger partial charge in [-0.05, 0) is 30.5 Å². The van der Waals surface area contributed by atoms with Crippen LogP contribution in [0.3, 0.4) is 0 Å². The molecule has 2 heteroatoms. The van der Waals surface area contributed by atoms with E-state index in [-0.39, 0.29) is 0 Å². The third-order valence-corrected chi connectivity index (χ3v) is 4.21. The maximum absolute atomic E-state index is 2.30. The molecule has 2 nitrogen and oxygen atoms in total. The van der Waals surface area contributed by atoms with Crippen molar-refractivity contribution in [3.63, 3.8) is 0 Å². The normalized spacial score (nSPS) is 11.1. The molecule has 112 valence electrons. The number of hydrogen-bond donors (Lipinski definition) is 0. The van der Waals surface area contributed by atoms with Crippen molar-refractivity contribution in [3.05, 3.63) is 72.1 Å². The van der Waals surface area contributed by atoms with E-state index < -0.39 is 0 Å². The van der Waals surface area contributed by atoms with E-state index >= 15 is 0 Å². The van der Waals surface area contributed by atoms with Crippen molar-refractivity contribution < 1.29 is 4.57 Å². The lowest BCUT2D eigenvalue weighted by atomic mass is 10.0. The van der Waals surface area contributed by atoms with Crippen LogP contribution in [0.15, 0.2) is 60.9 Å². The fourth-order valence-electron chi connectivity index (χ4n) is 3.01. The van der Waals surface area contributed by atoms with Crippen molar-refractivity contribution in [1.29, 1.82) is 0 Å². The standard InChI is InChI=1S/C20H23N2/c1-15(2)17-10-7-8-12-19(17)22-14-13-21(4)20(22)18-11-6-5-9-16(18)3/h5-15H,1-4H3/q+1. The number of benzene rings is 2. The van der Waals surface area contributed by atoms with Gasteiger partial charge in [-0.25, -0.2) is 4.57 Å². The average molecular weight is 291 g/mol. The maximum Gasteiger partial charge on any atom is 0.294 e. The number of aromatic nitrogens is 2. The maximum atomic E-state index is 2.30. The highest BCUT2D eigenvalue weighted by atomic mass is 15.1. The summed E-state index contributed by atoms with van der Waals surface area (Å²) in [6.45, 7) is 6.66. The number of aryl methyl sites for hydroxylation is 2. The number of nitrogens with zero attached hydrogens (tertiary/aromatic N) is 2. The third kappa shape index (κ3) is 2.45. The zero-order valence-electron chi connectivity index (χ0n) is 13.7. The Morgan fingerprint density at radius 2 is 1.64 bits per heavy atom. The van der Waals surface area contributed by atoms with Gasteiger partial charge in [0.1, 0.15) is 18.1 Å². The zero-order valence-corrected chi connectivity index (χ0v) is 13.7. The molecule has 0 atom stereocenters. The Morgan fingerprint density at radius 3 is 2.36 bits per heavy atom. The first-order valence-electron chi connectivity index (χ1n) is 7.82. The Morgan fingerprint density at radius 1 is 0.955 bits per heavy atom. The van der Waals surface area contributed by atoms with E-state index in [0.717, 1.165) is 0 Å². The van der Waals surface area contributed by atoms with Gasteiger partial charge in [-0.3, -0.25) is 0 Å². The first-order chi connectivity index (χ1) is 10.6. The second-order valence-electron chi connectivity index (χ2n) is 6.13. The average Bonchev–Trinajstić information content (AvgIpc) is 2.89. The molecule has 1 aromatic heterocycles. The topological polar surface area (TPSA) is 8.81 Å². The minimum Gasteiger partial charge on any atom is -0.232 e. The van der Waals surface area contributed by atoms with E-state index in [1.54, 1.807) is 0 Å². The highest BCUT2D eigenvalue weighted by Crippen LogP contribution is 2.28. The summed E-state index contributed by atoms with van der Waals surface area (Å²) in [6.07, 6.45) is 4.28. The molecular weight excluding hydrogens is 268 g/mol. The lowest BCUT2D eigenvalue weighted by molar-refractivity contribution is -0.659. The molecule has 3 aromatic rings. The van der Waals surface area contributed by atoms with Crippen molar-refractivity contribution in [3.8, 4) is 17.1 Å². The van der Waals surface area contributed by atoms with Crippen LogP contribution in [-0.2, 0) is 7.05 Å². The molecule has 0 bridgehead atoms. The van der Waals surface area contributed by atoms with E-state index in [0.29, 0.717) is 5.92 Å². The Bertz CT molecular complexity index is 797. The molecule has 0 amide bonds. The minimum atomic E-state index is 0.494. The molecule has 0 spiro atoms. The van der Waals surface area contributed by atoms with Crippen LogP contribution >= 0.6 is 0 Å². The van der Waals surface area contributed by atoms with Crippen molar-refractivity contribution >= 4 is 0 Å². The Kier molecular flexibility index (Phi) is 3.84. The first-order valence-corrected chi connectivity index (χ1v) is 7.82. The fraction of sp³-hybridized carbons (Fsp3) is 0.250. The predicted molar refractivity (Wildman–Crippen MR) is 91.2 cm³/mol. The molecule has 1 heterocycles. The largest absolute Gasteiger partial charge is 0.294 e. The van der Waals surface area contributed by atoms with Crippen LogP contribution in [0, 0.1) is 6.92 Å². The number of rotatable bonds is 3. The Hall–Kier alpha value is -2.35. The van der Waals surface area contributed by atoms with Gasteiger partial charge >= 0.3 is 0 Å². The van der Waals surface area contributed by atoms with Crippen LogP contribution < -0.4 is 4.57 Å². The lowest BCUT2D eigenvalue weighted by Gasteiger charge is -2.12. The zero-order chi connectivity index (χ0) is 15.7. The minimum absolute atomic E-state index is 0.494.